The molecule has 6 nitrogen and oxygen atoms in total. The molecule has 1 aliphatic rings. The first-order chi connectivity index (χ1) is 11.4. The van der Waals surface area contributed by atoms with E-state index >= 15 is 0 Å². The summed E-state index contributed by atoms with van der Waals surface area (Å²) in [6.07, 6.45) is 0. The van der Waals surface area contributed by atoms with Gasteiger partial charge in [0.1, 0.15) is 11.5 Å². The van der Waals surface area contributed by atoms with E-state index in [9.17, 15) is 19.8 Å². The molecule has 2 aromatic rings. The normalized spacial score (nSPS) is 13.0. The number of phenols is 2. The van der Waals surface area contributed by atoms with Crippen molar-refractivity contribution in [2.24, 2.45) is 0 Å². The zero-order valence-corrected chi connectivity index (χ0v) is 13.7. The topological polar surface area (TPSA) is 81.1 Å². The van der Waals surface area contributed by atoms with Crippen molar-refractivity contribution in [2.75, 3.05) is 25.6 Å². The predicted molar refractivity (Wildman–Crippen MR) is 89.8 cm³/mol. The van der Waals surface area contributed by atoms with Crippen molar-refractivity contribution >= 4 is 17.3 Å². The second kappa shape index (κ2) is 5.65. The van der Waals surface area contributed by atoms with Gasteiger partial charge in [-0.25, -0.2) is 5.01 Å². The molecule has 0 saturated heterocycles. The zero-order valence-electron chi connectivity index (χ0n) is 13.7. The molecule has 0 radical (unpaired) electrons. The lowest BCUT2D eigenvalue weighted by atomic mass is 9.83. The van der Waals surface area contributed by atoms with Crippen LogP contribution in [-0.2, 0) is 0 Å². The largest absolute Gasteiger partial charge is 0.507 e. The number of hydrogen-bond acceptors (Lipinski definition) is 6. The number of rotatable bonds is 3. The van der Waals surface area contributed by atoms with Crippen LogP contribution in [0.15, 0.2) is 30.3 Å². The summed E-state index contributed by atoms with van der Waals surface area (Å²) in [7, 11) is 3.68. The highest BCUT2D eigenvalue weighted by atomic mass is 16.3. The fourth-order valence-corrected chi connectivity index (χ4v) is 3.11. The Morgan fingerprint density at radius 2 is 1.54 bits per heavy atom. The number of phenolic OH excluding ortho intramolecular Hbond substituents is 2. The smallest absolute Gasteiger partial charge is 0.198 e. The molecule has 0 aliphatic heterocycles. The van der Waals surface area contributed by atoms with Crippen LogP contribution in [0.1, 0.15) is 38.8 Å². The fourth-order valence-electron chi connectivity index (χ4n) is 3.11. The molecule has 0 unspecified atom stereocenters. The molecule has 124 valence electrons. The van der Waals surface area contributed by atoms with Gasteiger partial charge in [-0.1, -0.05) is 12.1 Å². The second-order valence-electron chi connectivity index (χ2n) is 5.81. The van der Waals surface area contributed by atoms with E-state index in [0.29, 0.717) is 12.2 Å². The Balaban J connectivity index is 2.25. The number of carbonyl (C=O) groups excluding carboxylic acids is 2. The van der Waals surface area contributed by atoms with Gasteiger partial charge in [0.05, 0.1) is 16.8 Å². The summed E-state index contributed by atoms with van der Waals surface area (Å²) in [5, 5.41) is 24.0. The molecular weight excluding hydrogens is 308 g/mol. The van der Waals surface area contributed by atoms with Crippen LogP contribution in [0.2, 0.25) is 0 Å². The van der Waals surface area contributed by atoms with E-state index in [-0.39, 0.29) is 33.8 Å². The van der Waals surface area contributed by atoms with Gasteiger partial charge in [-0.2, -0.15) is 0 Å². The monoisotopic (exact) mass is 326 g/mol. The van der Waals surface area contributed by atoms with Gasteiger partial charge in [-0.3, -0.25) is 9.59 Å². The van der Waals surface area contributed by atoms with E-state index in [4.69, 9.17) is 0 Å². The van der Waals surface area contributed by atoms with Crippen molar-refractivity contribution in [3.8, 4) is 11.5 Å². The molecule has 0 aromatic heterocycles. The average Bonchev–Trinajstić information content (AvgIpc) is 2.52. The summed E-state index contributed by atoms with van der Waals surface area (Å²) in [4.78, 5) is 25.5. The van der Waals surface area contributed by atoms with Gasteiger partial charge in [0, 0.05) is 37.8 Å². The van der Waals surface area contributed by atoms with E-state index < -0.39 is 11.6 Å². The Morgan fingerprint density at radius 3 is 2.17 bits per heavy atom. The van der Waals surface area contributed by atoms with E-state index in [2.05, 4.69) is 0 Å². The molecule has 0 fully saturated rings. The van der Waals surface area contributed by atoms with Gasteiger partial charge in [-0.15, -0.1) is 0 Å². The minimum atomic E-state index is -0.468. The van der Waals surface area contributed by atoms with Crippen molar-refractivity contribution in [1.29, 1.82) is 0 Å². The average molecular weight is 326 g/mol. The second-order valence-corrected chi connectivity index (χ2v) is 5.81. The number of nitrogens with zero attached hydrogens (tertiary/aromatic N) is 2. The molecule has 3 rings (SSSR count). The summed E-state index contributed by atoms with van der Waals surface area (Å²) >= 11 is 0. The Kier molecular flexibility index (Phi) is 3.77. The van der Waals surface area contributed by atoms with Crippen LogP contribution in [-0.4, -0.2) is 47.4 Å². The summed E-state index contributed by atoms with van der Waals surface area (Å²) in [5.74, 6) is -1.41. The van der Waals surface area contributed by atoms with Crippen molar-refractivity contribution < 1.29 is 19.8 Å². The molecule has 24 heavy (non-hydrogen) atoms. The Bertz CT molecular complexity index is 858. The minimum Gasteiger partial charge on any atom is -0.507 e. The molecule has 1 aliphatic carbocycles. The van der Waals surface area contributed by atoms with Crippen LogP contribution >= 0.6 is 0 Å². The molecule has 0 heterocycles. The fraction of sp³-hybridized carbons (Fsp3) is 0.222. The Morgan fingerprint density at radius 1 is 0.917 bits per heavy atom. The third-order valence-electron chi connectivity index (χ3n) is 4.17. The van der Waals surface area contributed by atoms with Crippen molar-refractivity contribution in [2.45, 2.75) is 6.92 Å². The highest BCUT2D eigenvalue weighted by Crippen LogP contribution is 2.38. The van der Waals surface area contributed by atoms with Gasteiger partial charge in [-0.05, 0) is 19.1 Å². The first-order valence-electron chi connectivity index (χ1n) is 7.60. The zero-order chi connectivity index (χ0) is 17.6. The van der Waals surface area contributed by atoms with Crippen molar-refractivity contribution in [3.63, 3.8) is 0 Å². The molecule has 2 aromatic carbocycles. The number of anilines is 1. The number of fused-ring (bicyclic) bond motifs is 2. The number of hydrazine groups is 1. The third kappa shape index (κ3) is 2.23. The van der Waals surface area contributed by atoms with Crippen LogP contribution < -0.4 is 5.01 Å². The van der Waals surface area contributed by atoms with Gasteiger partial charge in [0.15, 0.2) is 11.6 Å². The molecule has 2 N–H and O–H groups in total. The summed E-state index contributed by atoms with van der Waals surface area (Å²) < 4.78 is 0. The number of carbonyl (C=O) groups is 2. The summed E-state index contributed by atoms with van der Waals surface area (Å²) in [6, 6.07) is 7.40. The molecule has 0 spiro atoms. The predicted octanol–water partition coefficient (Wildman–Crippen LogP) is 2.18. The Labute approximate surface area is 139 Å². The van der Waals surface area contributed by atoms with Gasteiger partial charge in [0.25, 0.3) is 0 Å². The van der Waals surface area contributed by atoms with Crippen LogP contribution in [0.4, 0.5) is 5.69 Å². The molecule has 0 amide bonds. The number of benzene rings is 2. The maximum Gasteiger partial charge on any atom is 0.198 e. The number of ketones is 2. The SMILES string of the molecule is CCN(c1cc(O)c2c(c1)C(=O)c1c(O)cccc1C2=O)N(C)C. The van der Waals surface area contributed by atoms with Crippen LogP contribution in [0.5, 0.6) is 11.5 Å². The first kappa shape index (κ1) is 16.0. The van der Waals surface area contributed by atoms with E-state index in [1.54, 1.807) is 6.07 Å². The number of aromatic hydroxyl groups is 2. The highest BCUT2D eigenvalue weighted by Gasteiger charge is 2.34. The van der Waals surface area contributed by atoms with E-state index in [0.717, 1.165) is 0 Å². The maximum atomic E-state index is 12.8. The lowest BCUT2D eigenvalue weighted by molar-refractivity contribution is 0.0974. The number of hydrogen-bond donors (Lipinski definition) is 2. The van der Waals surface area contributed by atoms with E-state index in [1.165, 1.54) is 24.3 Å². The molecule has 0 saturated carbocycles. The van der Waals surface area contributed by atoms with E-state index in [1.807, 2.05) is 31.0 Å². The highest BCUT2D eigenvalue weighted by molar-refractivity contribution is 6.30. The van der Waals surface area contributed by atoms with Crippen LogP contribution in [0, 0.1) is 0 Å². The van der Waals surface area contributed by atoms with Crippen molar-refractivity contribution in [1.82, 2.24) is 5.01 Å². The Hall–Kier alpha value is -2.86. The standard InChI is InChI=1S/C18H18N2O4/c1-4-20(19(2)3)10-8-12-16(14(22)9-10)17(23)11-6-5-7-13(21)15(11)18(12)24/h5-9,21-22H,4H2,1-3H3. The van der Waals surface area contributed by atoms with Gasteiger partial charge < -0.3 is 15.2 Å². The first-order valence-corrected chi connectivity index (χ1v) is 7.60. The summed E-state index contributed by atoms with van der Waals surface area (Å²) in [5.41, 5.74) is 0.773. The lowest BCUT2D eigenvalue weighted by Crippen LogP contribution is -2.37. The van der Waals surface area contributed by atoms with Gasteiger partial charge in [0.2, 0.25) is 0 Å². The third-order valence-corrected chi connectivity index (χ3v) is 4.17. The summed E-state index contributed by atoms with van der Waals surface area (Å²) in [6.45, 7) is 2.56. The molecule has 0 atom stereocenters. The van der Waals surface area contributed by atoms with Crippen LogP contribution in [0.3, 0.4) is 0 Å². The minimum absolute atomic E-state index is 0.0144. The quantitative estimate of drug-likeness (QED) is 0.718. The van der Waals surface area contributed by atoms with Crippen LogP contribution in [0.25, 0.3) is 0 Å². The molecular formula is C18H18N2O4. The maximum absolute atomic E-state index is 12.8. The van der Waals surface area contributed by atoms with Crippen molar-refractivity contribution in [3.05, 3.63) is 52.6 Å². The van der Waals surface area contributed by atoms with Gasteiger partial charge >= 0.3 is 0 Å². The molecule has 0 bridgehead atoms. The molecule has 6 heteroatoms. The lowest BCUT2D eigenvalue weighted by Gasteiger charge is -2.31.